The van der Waals surface area contributed by atoms with Crippen molar-refractivity contribution in [1.82, 2.24) is 19.3 Å². The number of aromatic nitrogens is 3. The summed E-state index contributed by atoms with van der Waals surface area (Å²) in [6.45, 7) is 0.538. The number of hydrogen-bond donors (Lipinski definition) is 1. The van der Waals surface area contributed by atoms with E-state index in [0.717, 1.165) is 19.3 Å². The van der Waals surface area contributed by atoms with E-state index in [1.54, 1.807) is 18.5 Å². The molecule has 1 N–H and O–H groups in total. The Morgan fingerprint density at radius 2 is 2.04 bits per heavy atom. The molecule has 0 radical (unpaired) electrons. The van der Waals surface area contributed by atoms with Gasteiger partial charge in [0.05, 0.1) is 18.0 Å². The van der Waals surface area contributed by atoms with Crippen LogP contribution in [0.1, 0.15) is 31.0 Å². The molecule has 23 heavy (non-hydrogen) atoms. The van der Waals surface area contributed by atoms with E-state index in [1.165, 1.54) is 10.6 Å². The van der Waals surface area contributed by atoms with E-state index in [4.69, 9.17) is 0 Å². The van der Waals surface area contributed by atoms with Gasteiger partial charge in [-0.25, -0.2) is 23.4 Å². The third-order valence-corrected chi connectivity index (χ3v) is 5.09. The van der Waals surface area contributed by atoms with Crippen molar-refractivity contribution in [3.05, 3.63) is 42.4 Å². The fourth-order valence-corrected chi connectivity index (χ4v) is 3.90. The Balaban J connectivity index is 1.86. The molecule has 2 aromatic heterocycles. The molecule has 122 valence electrons. The Morgan fingerprint density at radius 3 is 2.78 bits per heavy atom. The predicted octanol–water partition coefficient (Wildman–Crippen LogP) is 2.10. The molecule has 1 saturated heterocycles. The first-order valence-corrected chi connectivity index (χ1v) is 9.37. The Labute approximate surface area is 135 Å². The molecule has 0 aromatic carbocycles. The zero-order valence-electron chi connectivity index (χ0n) is 12.9. The van der Waals surface area contributed by atoms with Crippen LogP contribution in [-0.4, -0.2) is 40.5 Å². The van der Waals surface area contributed by atoms with Crippen LogP contribution >= 0.6 is 0 Å². The van der Waals surface area contributed by atoms with Crippen LogP contribution in [0, 0.1) is 0 Å². The molecular weight excluding hydrogens is 314 g/mol. The summed E-state index contributed by atoms with van der Waals surface area (Å²) in [6, 6.07) is 7.06. The monoisotopic (exact) mass is 333 g/mol. The zero-order chi connectivity index (χ0) is 16.3. The van der Waals surface area contributed by atoms with E-state index in [1.807, 2.05) is 18.2 Å². The van der Waals surface area contributed by atoms with Crippen LogP contribution in [0.5, 0.6) is 0 Å². The molecule has 1 atom stereocenters. The number of sulfonamides is 1. The molecule has 0 aliphatic carbocycles. The second-order valence-electron chi connectivity index (χ2n) is 5.53. The molecule has 7 nitrogen and oxygen atoms in total. The van der Waals surface area contributed by atoms with E-state index in [2.05, 4.69) is 20.3 Å². The fourth-order valence-electron chi connectivity index (χ4n) is 2.77. The number of hydrogen-bond acceptors (Lipinski definition) is 6. The smallest absolute Gasteiger partial charge is 0.228 e. The van der Waals surface area contributed by atoms with Gasteiger partial charge in [-0.2, -0.15) is 4.31 Å². The first-order chi connectivity index (χ1) is 11.0. The molecule has 0 amide bonds. The molecule has 3 heterocycles. The predicted molar refractivity (Wildman–Crippen MR) is 87.7 cm³/mol. The lowest BCUT2D eigenvalue weighted by Gasteiger charge is -2.33. The van der Waals surface area contributed by atoms with Crippen LogP contribution in [0.15, 0.2) is 36.7 Å². The molecule has 1 aliphatic rings. The quantitative estimate of drug-likeness (QED) is 0.922. The van der Waals surface area contributed by atoms with Crippen molar-refractivity contribution in [2.75, 3.05) is 18.1 Å². The Hall–Kier alpha value is -2.06. The van der Waals surface area contributed by atoms with Crippen LogP contribution in [0.2, 0.25) is 0 Å². The topological polar surface area (TPSA) is 88.1 Å². The van der Waals surface area contributed by atoms with Gasteiger partial charge in [0.15, 0.2) is 0 Å². The molecule has 8 heteroatoms. The van der Waals surface area contributed by atoms with Gasteiger partial charge in [0, 0.05) is 18.9 Å². The second kappa shape index (κ2) is 6.59. The number of nitrogens with one attached hydrogen (secondary N) is 1. The molecule has 3 rings (SSSR count). The summed E-state index contributed by atoms with van der Waals surface area (Å²) >= 11 is 0. The number of piperidine rings is 1. The first-order valence-electron chi connectivity index (χ1n) is 7.52. The maximum Gasteiger partial charge on any atom is 0.228 e. The van der Waals surface area contributed by atoms with E-state index in [-0.39, 0.29) is 6.04 Å². The second-order valence-corrected chi connectivity index (χ2v) is 7.47. The SMILES string of the molecule is CS(=O)(=O)N1CCCC[C@H]1c1ccnc(Nc2ccccn2)n1. The summed E-state index contributed by atoms with van der Waals surface area (Å²) in [5.41, 5.74) is 0.712. The number of pyridine rings is 1. The highest BCUT2D eigenvalue weighted by Crippen LogP contribution is 2.31. The van der Waals surface area contributed by atoms with E-state index < -0.39 is 10.0 Å². The third kappa shape index (κ3) is 3.83. The molecule has 2 aromatic rings. The molecule has 0 unspecified atom stereocenters. The largest absolute Gasteiger partial charge is 0.309 e. The average Bonchev–Trinajstić information content (AvgIpc) is 2.55. The van der Waals surface area contributed by atoms with Crippen LogP contribution in [0.4, 0.5) is 11.8 Å². The zero-order valence-corrected chi connectivity index (χ0v) is 13.7. The van der Waals surface area contributed by atoms with Crippen molar-refractivity contribution in [2.45, 2.75) is 25.3 Å². The standard InChI is InChI=1S/C15H19N5O2S/c1-23(21,22)20-11-5-3-6-13(20)12-8-10-17-15(18-12)19-14-7-2-4-9-16-14/h2,4,7-10,13H,3,5-6,11H2,1H3,(H,16,17,18,19)/t13-/m0/s1. The maximum atomic E-state index is 12.0. The average molecular weight is 333 g/mol. The maximum absolute atomic E-state index is 12.0. The lowest BCUT2D eigenvalue weighted by Crippen LogP contribution is -2.38. The Morgan fingerprint density at radius 1 is 1.17 bits per heavy atom. The summed E-state index contributed by atoms with van der Waals surface area (Å²) in [5, 5.41) is 3.04. The van der Waals surface area contributed by atoms with Gasteiger partial charge in [-0.15, -0.1) is 0 Å². The van der Waals surface area contributed by atoms with Gasteiger partial charge in [-0.05, 0) is 31.0 Å². The minimum atomic E-state index is -3.25. The van der Waals surface area contributed by atoms with Gasteiger partial charge >= 0.3 is 0 Å². The van der Waals surface area contributed by atoms with Crippen molar-refractivity contribution < 1.29 is 8.42 Å². The van der Waals surface area contributed by atoms with Crippen molar-refractivity contribution in [1.29, 1.82) is 0 Å². The Bertz CT molecular complexity index is 766. The summed E-state index contributed by atoms with van der Waals surface area (Å²) in [7, 11) is -3.25. The van der Waals surface area contributed by atoms with Crippen molar-refractivity contribution in [3.63, 3.8) is 0 Å². The highest BCUT2D eigenvalue weighted by Gasteiger charge is 2.31. The number of rotatable bonds is 4. The van der Waals surface area contributed by atoms with Crippen molar-refractivity contribution in [2.24, 2.45) is 0 Å². The first kappa shape index (κ1) is 15.8. The van der Waals surface area contributed by atoms with Gasteiger partial charge in [0.2, 0.25) is 16.0 Å². The van der Waals surface area contributed by atoms with Gasteiger partial charge in [-0.3, -0.25) is 0 Å². The molecule has 0 saturated carbocycles. The van der Waals surface area contributed by atoms with Gasteiger partial charge in [0.1, 0.15) is 5.82 Å². The van der Waals surface area contributed by atoms with Crippen LogP contribution in [-0.2, 0) is 10.0 Å². The van der Waals surface area contributed by atoms with E-state index in [0.29, 0.717) is 24.0 Å². The lowest BCUT2D eigenvalue weighted by molar-refractivity contribution is 0.253. The normalized spacial score (nSPS) is 19.4. The van der Waals surface area contributed by atoms with Gasteiger partial charge < -0.3 is 5.32 Å². The summed E-state index contributed by atoms with van der Waals surface area (Å²) in [4.78, 5) is 12.8. The van der Waals surface area contributed by atoms with Gasteiger partial charge in [-0.1, -0.05) is 12.5 Å². The Kier molecular flexibility index (Phi) is 4.53. The fraction of sp³-hybridized carbons (Fsp3) is 0.400. The van der Waals surface area contributed by atoms with E-state index >= 15 is 0 Å². The summed E-state index contributed by atoms with van der Waals surface area (Å²) in [6.07, 6.45) is 7.21. The van der Waals surface area contributed by atoms with Gasteiger partial charge in [0.25, 0.3) is 0 Å². The minimum Gasteiger partial charge on any atom is -0.309 e. The number of anilines is 2. The third-order valence-electron chi connectivity index (χ3n) is 3.80. The molecule has 1 fully saturated rings. The molecule has 1 aliphatic heterocycles. The summed E-state index contributed by atoms with van der Waals surface area (Å²) < 4.78 is 25.5. The minimum absolute atomic E-state index is 0.231. The van der Waals surface area contributed by atoms with Crippen molar-refractivity contribution >= 4 is 21.8 Å². The van der Waals surface area contributed by atoms with E-state index in [9.17, 15) is 8.42 Å². The van der Waals surface area contributed by atoms with Crippen LogP contribution < -0.4 is 5.32 Å². The van der Waals surface area contributed by atoms with Crippen LogP contribution in [0.25, 0.3) is 0 Å². The van der Waals surface area contributed by atoms with Crippen molar-refractivity contribution in [3.8, 4) is 0 Å². The van der Waals surface area contributed by atoms with Crippen LogP contribution in [0.3, 0.4) is 0 Å². The molecular formula is C15H19N5O2S. The highest BCUT2D eigenvalue weighted by molar-refractivity contribution is 7.88. The summed E-state index contributed by atoms with van der Waals surface area (Å²) in [5.74, 6) is 1.06. The lowest BCUT2D eigenvalue weighted by atomic mass is 10.0. The number of nitrogens with zero attached hydrogens (tertiary/aromatic N) is 4. The molecule has 0 spiro atoms. The highest BCUT2D eigenvalue weighted by atomic mass is 32.2. The molecule has 0 bridgehead atoms.